The normalized spacial score (nSPS) is 11.4. The molecule has 0 amide bonds. The van der Waals surface area contributed by atoms with E-state index in [1.54, 1.807) is 28.8 Å². The number of halogens is 1. The molecule has 3 aromatic rings. The summed E-state index contributed by atoms with van der Waals surface area (Å²) >= 11 is 6.17. The second-order valence-electron chi connectivity index (χ2n) is 5.32. The Labute approximate surface area is 148 Å². The maximum atomic E-state index is 11.6. The lowest BCUT2D eigenvalue weighted by Gasteiger charge is -2.09. The third-order valence-electron chi connectivity index (χ3n) is 3.62. The van der Waals surface area contributed by atoms with Gasteiger partial charge in [-0.25, -0.2) is 13.4 Å². The van der Waals surface area contributed by atoms with Crippen LogP contribution in [0, 0.1) is 10.1 Å². The Morgan fingerprint density at radius 3 is 2.20 bits per heavy atom. The predicted molar refractivity (Wildman–Crippen MR) is 93.8 cm³/mol. The zero-order valence-corrected chi connectivity index (χ0v) is 14.5. The van der Waals surface area contributed by atoms with E-state index in [9.17, 15) is 18.5 Å². The van der Waals surface area contributed by atoms with Crippen molar-refractivity contribution in [2.75, 3.05) is 6.26 Å². The van der Waals surface area contributed by atoms with Crippen LogP contribution in [0.5, 0.6) is 0 Å². The fourth-order valence-corrected chi connectivity index (χ4v) is 3.25. The molecule has 0 bridgehead atoms. The largest absolute Gasteiger partial charge is 0.297 e. The minimum absolute atomic E-state index is 0.0246. The summed E-state index contributed by atoms with van der Waals surface area (Å²) in [7, 11) is -3.29. The van der Waals surface area contributed by atoms with Crippen molar-refractivity contribution in [3.05, 3.63) is 70.1 Å². The highest BCUT2D eigenvalue weighted by molar-refractivity contribution is 7.90. The molecule has 0 radical (unpaired) electrons. The van der Waals surface area contributed by atoms with Gasteiger partial charge in [-0.3, -0.25) is 14.7 Å². The number of imidazole rings is 1. The number of hydrogen-bond acceptors (Lipinski definition) is 5. The quantitative estimate of drug-likeness (QED) is 0.512. The molecule has 2 aromatic carbocycles. The maximum absolute atomic E-state index is 11.6. The van der Waals surface area contributed by atoms with Crippen molar-refractivity contribution < 1.29 is 13.3 Å². The lowest BCUT2D eigenvalue weighted by molar-refractivity contribution is -0.384. The first kappa shape index (κ1) is 17.1. The van der Waals surface area contributed by atoms with Crippen LogP contribution in [0.15, 0.2) is 59.8 Å². The number of sulfone groups is 1. The molecule has 0 aliphatic carbocycles. The molecule has 3 rings (SSSR count). The van der Waals surface area contributed by atoms with E-state index in [1.165, 1.54) is 30.6 Å². The number of rotatable bonds is 4. The van der Waals surface area contributed by atoms with Crippen LogP contribution in [0.2, 0.25) is 5.15 Å². The summed E-state index contributed by atoms with van der Waals surface area (Å²) in [6.07, 6.45) is 2.65. The molecule has 7 nitrogen and oxygen atoms in total. The molecule has 1 aromatic heterocycles. The number of nitro groups is 1. The summed E-state index contributed by atoms with van der Waals surface area (Å²) in [5.41, 5.74) is 1.85. The minimum atomic E-state index is -3.29. The zero-order chi connectivity index (χ0) is 18.2. The first-order valence-corrected chi connectivity index (χ1v) is 9.32. The van der Waals surface area contributed by atoms with Crippen LogP contribution < -0.4 is 0 Å². The van der Waals surface area contributed by atoms with E-state index >= 15 is 0 Å². The molecular weight excluding hydrogens is 366 g/mol. The van der Waals surface area contributed by atoms with Gasteiger partial charge >= 0.3 is 0 Å². The molecule has 0 saturated heterocycles. The Hall–Kier alpha value is -2.71. The Balaban J connectivity index is 2.06. The second kappa shape index (κ2) is 6.30. The number of aromatic nitrogens is 2. The Morgan fingerprint density at radius 2 is 1.68 bits per heavy atom. The van der Waals surface area contributed by atoms with E-state index in [-0.39, 0.29) is 15.7 Å². The van der Waals surface area contributed by atoms with Crippen molar-refractivity contribution in [3.8, 4) is 16.9 Å². The predicted octanol–water partition coefficient (Wildman–Crippen LogP) is 3.50. The van der Waals surface area contributed by atoms with E-state index in [2.05, 4.69) is 4.98 Å². The first-order chi connectivity index (χ1) is 11.8. The molecule has 128 valence electrons. The SMILES string of the molecule is CS(=O)(=O)c1ccc(-n2cnc(Cl)c2-c2ccc([N+](=O)[O-])cc2)cc1. The average molecular weight is 378 g/mol. The number of nitrogens with zero attached hydrogens (tertiary/aromatic N) is 3. The second-order valence-corrected chi connectivity index (χ2v) is 7.70. The molecule has 25 heavy (non-hydrogen) atoms. The lowest BCUT2D eigenvalue weighted by Crippen LogP contribution is -1.99. The standard InChI is InChI=1S/C16H12ClN3O4S/c1-25(23,24)14-8-6-12(7-9-14)19-10-18-16(17)15(19)11-2-4-13(5-3-11)20(21)22/h2-10H,1H3. The summed E-state index contributed by atoms with van der Waals surface area (Å²) in [4.78, 5) is 14.6. The van der Waals surface area contributed by atoms with Gasteiger partial charge in [0.2, 0.25) is 0 Å². The van der Waals surface area contributed by atoms with Gasteiger partial charge in [-0.15, -0.1) is 0 Å². The fraction of sp³-hybridized carbons (Fsp3) is 0.0625. The Bertz CT molecular complexity index is 1040. The van der Waals surface area contributed by atoms with E-state index in [0.29, 0.717) is 16.9 Å². The van der Waals surface area contributed by atoms with Crippen molar-refractivity contribution in [2.45, 2.75) is 4.90 Å². The van der Waals surface area contributed by atoms with Crippen LogP contribution in [-0.4, -0.2) is 29.1 Å². The van der Waals surface area contributed by atoms with E-state index in [1.807, 2.05) is 0 Å². The number of non-ortho nitro benzene ring substituents is 1. The number of nitro benzene ring substituents is 1. The Kier molecular flexibility index (Phi) is 4.32. The van der Waals surface area contributed by atoms with Gasteiger partial charge in [-0.05, 0) is 36.4 Å². The topological polar surface area (TPSA) is 95.1 Å². The van der Waals surface area contributed by atoms with Gasteiger partial charge < -0.3 is 0 Å². The van der Waals surface area contributed by atoms with Crippen LogP contribution in [0.1, 0.15) is 0 Å². The molecule has 9 heteroatoms. The van der Waals surface area contributed by atoms with Crippen molar-refractivity contribution in [1.82, 2.24) is 9.55 Å². The maximum Gasteiger partial charge on any atom is 0.269 e. The summed E-state index contributed by atoms with van der Waals surface area (Å²) in [5, 5.41) is 11.0. The molecule has 0 saturated carbocycles. The van der Waals surface area contributed by atoms with Crippen LogP contribution >= 0.6 is 11.6 Å². The van der Waals surface area contributed by atoms with Gasteiger partial charge in [0.05, 0.1) is 15.5 Å². The first-order valence-electron chi connectivity index (χ1n) is 7.05. The average Bonchev–Trinajstić information content (AvgIpc) is 2.96. The van der Waals surface area contributed by atoms with Crippen LogP contribution in [-0.2, 0) is 9.84 Å². The van der Waals surface area contributed by atoms with Gasteiger partial charge in [-0.1, -0.05) is 11.6 Å². The summed E-state index contributed by atoms with van der Waals surface area (Å²) in [6, 6.07) is 12.2. The summed E-state index contributed by atoms with van der Waals surface area (Å²) in [6.45, 7) is 0. The van der Waals surface area contributed by atoms with E-state index in [4.69, 9.17) is 11.6 Å². The number of hydrogen-bond donors (Lipinski definition) is 0. The highest BCUT2D eigenvalue weighted by Gasteiger charge is 2.15. The van der Waals surface area contributed by atoms with E-state index < -0.39 is 14.8 Å². The van der Waals surface area contributed by atoms with Gasteiger partial charge in [0.15, 0.2) is 15.0 Å². The van der Waals surface area contributed by atoms with Gasteiger partial charge in [0, 0.05) is 29.6 Å². The molecule has 0 unspecified atom stereocenters. The van der Waals surface area contributed by atoms with Crippen molar-refractivity contribution >= 4 is 27.1 Å². The molecule has 0 atom stereocenters. The minimum Gasteiger partial charge on any atom is -0.297 e. The molecule has 0 fully saturated rings. The van der Waals surface area contributed by atoms with Crippen LogP contribution in [0.25, 0.3) is 16.9 Å². The van der Waals surface area contributed by atoms with Crippen LogP contribution in [0.3, 0.4) is 0 Å². The van der Waals surface area contributed by atoms with E-state index in [0.717, 1.165) is 6.26 Å². The highest BCUT2D eigenvalue weighted by Crippen LogP contribution is 2.31. The molecule has 0 spiro atoms. The van der Waals surface area contributed by atoms with Gasteiger partial charge in [-0.2, -0.15) is 0 Å². The molecule has 0 aliphatic rings. The van der Waals surface area contributed by atoms with Gasteiger partial charge in [0.25, 0.3) is 5.69 Å². The zero-order valence-electron chi connectivity index (χ0n) is 13.0. The Morgan fingerprint density at radius 1 is 1.08 bits per heavy atom. The monoisotopic (exact) mass is 377 g/mol. The molecule has 0 N–H and O–H groups in total. The van der Waals surface area contributed by atoms with Gasteiger partial charge in [0.1, 0.15) is 6.33 Å². The smallest absolute Gasteiger partial charge is 0.269 e. The van der Waals surface area contributed by atoms with Crippen molar-refractivity contribution in [1.29, 1.82) is 0 Å². The molecular formula is C16H12ClN3O4S. The van der Waals surface area contributed by atoms with Crippen molar-refractivity contribution in [3.63, 3.8) is 0 Å². The third kappa shape index (κ3) is 3.40. The van der Waals surface area contributed by atoms with Crippen molar-refractivity contribution in [2.24, 2.45) is 0 Å². The highest BCUT2D eigenvalue weighted by atomic mass is 35.5. The third-order valence-corrected chi connectivity index (χ3v) is 5.02. The molecule has 1 heterocycles. The lowest BCUT2D eigenvalue weighted by atomic mass is 10.1. The molecule has 0 aliphatic heterocycles. The van der Waals surface area contributed by atoms with Crippen LogP contribution in [0.4, 0.5) is 5.69 Å². The summed E-state index contributed by atoms with van der Waals surface area (Å²) < 4.78 is 24.8. The fourth-order valence-electron chi connectivity index (χ4n) is 2.38. The summed E-state index contributed by atoms with van der Waals surface area (Å²) in [5.74, 6) is 0. The number of benzene rings is 2.